The van der Waals surface area contributed by atoms with E-state index in [0.29, 0.717) is 32.3 Å². The molecule has 0 bridgehead atoms. The first-order valence-electron chi connectivity index (χ1n) is 6.44. The Morgan fingerprint density at radius 1 is 1.42 bits per heavy atom. The van der Waals surface area contributed by atoms with Gasteiger partial charge in [-0.2, -0.15) is 13.2 Å². The fourth-order valence-corrected chi connectivity index (χ4v) is 2.59. The Morgan fingerprint density at radius 2 is 2.11 bits per heavy atom. The van der Waals surface area contributed by atoms with Crippen LogP contribution in [-0.4, -0.2) is 54.5 Å². The van der Waals surface area contributed by atoms with Crippen LogP contribution in [0.5, 0.6) is 0 Å². The maximum atomic E-state index is 12.6. The van der Waals surface area contributed by atoms with Crippen molar-refractivity contribution in [1.29, 1.82) is 0 Å². The Balaban J connectivity index is 2.07. The monoisotopic (exact) mass is 281 g/mol. The van der Waals surface area contributed by atoms with Crippen LogP contribution in [0, 0.1) is 5.41 Å². The summed E-state index contributed by atoms with van der Waals surface area (Å²) >= 11 is 0. The third-order valence-corrected chi connectivity index (χ3v) is 3.73. The molecule has 1 atom stereocenters. The number of hydrogen-bond donors (Lipinski definition) is 1. The second kappa shape index (κ2) is 5.28. The molecule has 0 aromatic rings. The average Bonchev–Trinajstić information content (AvgIpc) is 3.11. The molecule has 0 spiro atoms. The van der Waals surface area contributed by atoms with Crippen molar-refractivity contribution >= 4 is 5.97 Å². The highest BCUT2D eigenvalue weighted by molar-refractivity contribution is 5.75. The molecule has 0 radical (unpaired) electrons. The summed E-state index contributed by atoms with van der Waals surface area (Å²) < 4.78 is 42.8. The molecule has 2 fully saturated rings. The van der Waals surface area contributed by atoms with Gasteiger partial charge in [-0.05, 0) is 25.7 Å². The molecule has 2 rings (SSSR count). The van der Waals surface area contributed by atoms with Gasteiger partial charge in [0.1, 0.15) is 5.41 Å². The number of ether oxygens (including phenoxy) is 1. The number of hydrogen-bond acceptors (Lipinski definition) is 3. The highest BCUT2D eigenvalue weighted by atomic mass is 19.4. The number of alkyl halides is 3. The van der Waals surface area contributed by atoms with E-state index in [9.17, 15) is 23.1 Å². The maximum Gasteiger partial charge on any atom is 0.401 e. The van der Waals surface area contributed by atoms with Crippen LogP contribution < -0.4 is 0 Å². The van der Waals surface area contributed by atoms with Crippen LogP contribution in [0.25, 0.3) is 0 Å². The molecule has 0 aromatic carbocycles. The van der Waals surface area contributed by atoms with Crippen molar-refractivity contribution in [2.75, 3.05) is 26.3 Å². The van der Waals surface area contributed by atoms with Gasteiger partial charge in [0.2, 0.25) is 0 Å². The lowest BCUT2D eigenvalue weighted by atomic mass is 9.82. The first-order valence-corrected chi connectivity index (χ1v) is 6.44. The average molecular weight is 281 g/mol. The van der Waals surface area contributed by atoms with Crippen molar-refractivity contribution in [2.45, 2.75) is 37.9 Å². The first kappa shape index (κ1) is 14.6. The van der Waals surface area contributed by atoms with Crippen LogP contribution in [0.4, 0.5) is 13.2 Å². The van der Waals surface area contributed by atoms with Crippen molar-refractivity contribution in [3.05, 3.63) is 0 Å². The zero-order valence-electron chi connectivity index (χ0n) is 10.6. The Labute approximate surface area is 109 Å². The van der Waals surface area contributed by atoms with Crippen LogP contribution in [0.15, 0.2) is 0 Å². The van der Waals surface area contributed by atoms with Gasteiger partial charge in [-0.25, -0.2) is 0 Å². The summed E-state index contributed by atoms with van der Waals surface area (Å²) in [7, 11) is 0. The minimum Gasteiger partial charge on any atom is -0.481 e. The minimum absolute atomic E-state index is 0.00338. The number of halogens is 3. The third kappa shape index (κ3) is 3.82. The van der Waals surface area contributed by atoms with Gasteiger partial charge in [-0.1, -0.05) is 0 Å². The van der Waals surface area contributed by atoms with E-state index in [0.717, 1.165) is 0 Å². The molecule has 1 aliphatic heterocycles. The molecule has 2 aliphatic rings. The minimum atomic E-state index is -4.29. The second-order valence-corrected chi connectivity index (χ2v) is 5.49. The topological polar surface area (TPSA) is 49.8 Å². The Morgan fingerprint density at radius 3 is 2.53 bits per heavy atom. The van der Waals surface area contributed by atoms with E-state index in [1.165, 1.54) is 4.90 Å². The molecular weight excluding hydrogens is 263 g/mol. The predicted molar refractivity (Wildman–Crippen MR) is 60.8 cm³/mol. The second-order valence-electron chi connectivity index (χ2n) is 5.49. The predicted octanol–water partition coefficient (Wildman–Crippen LogP) is 1.89. The summed E-state index contributed by atoms with van der Waals surface area (Å²) in [6, 6.07) is -0.125. The Kier molecular flexibility index (Phi) is 4.06. The fraction of sp³-hybridized carbons (Fsp3) is 0.917. The molecule has 19 heavy (non-hydrogen) atoms. The summed E-state index contributed by atoms with van der Waals surface area (Å²) in [5, 5.41) is 9.35. The molecule has 0 aromatic heterocycles. The molecule has 110 valence electrons. The normalized spacial score (nSPS) is 28.6. The summed E-state index contributed by atoms with van der Waals surface area (Å²) in [5.41, 5.74) is -1.19. The maximum absolute atomic E-state index is 12.6. The zero-order valence-corrected chi connectivity index (χ0v) is 10.6. The van der Waals surface area contributed by atoms with E-state index >= 15 is 0 Å². The van der Waals surface area contributed by atoms with Crippen LogP contribution in [0.2, 0.25) is 0 Å². The lowest BCUT2D eigenvalue weighted by Gasteiger charge is -2.37. The van der Waals surface area contributed by atoms with E-state index in [2.05, 4.69) is 0 Å². The lowest BCUT2D eigenvalue weighted by Crippen LogP contribution is -2.51. The van der Waals surface area contributed by atoms with Gasteiger partial charge in [-0.3, -0.25) is 9.69 Å². The summed E-state index contributed by atoms with van der Waals surface area (Å²) in [5.74, 6) is -1.06. The molecule has 4 nitrogen and oxygen atoms in total. The molecule has 1 aliphatic carbocycles. The standard InChI is InChI=1S/C12H18F3NO3/c13-12(14,15)7-16(9-2-3-9)6-11(10(17)18)4-1-5-19-8-11/h9H,1-8H2,(H,17,18). The van der Waals surface area contributed by atoms with Gasteiger partial charge in [0, 0.05) is 19.2 Å². The van der Waals surface area contributed by atoms with Crippen LogP contribution in [-0.2, 0) is 9.53 Å². The summed E-state index contributed by atoms with van der Waals surface area (Å²) in [6.45, 7) is -0.625. The van der Waals surface area contributed by atoms with E-state index in [4.69, 9.17) is 4.74 Å². The zero-order chi connectivity index (χ0) is 14.1. The van der Waals surface area contributed by atoms with Gasteiger partial charge >= 0.3 is 12.1 Å². The van der Waals surface area contributed by atoms with Gasteiger partial charge in [0.05, 0.1) is 13.2 Å². The Bertz CT molecular complexity index is 336. The van der Waals surface area contributed by atoms with Crippen LogP contribution >= 0.6 is 0 Å². The quantitative estimate of drug-likeness (QED) is 0.836. The van der Waals surface area contributed by atoms with Crippen molar-refractivity contribution in [1.82, 2.24) is 4.90 Å². The number of carboxylic acids is 1. The SMILES string of the molecule is O=C(O)C1(CN(CC(F)(F)F)C2CC2)CCCOC1. The number of carbonyl (C=O) groups is 1. The van der Waals surface area contributed by atoms with Crippen molar-refractivity contribution in [2.24, 2.45) is 5.41 Å². The molecule has 7 heteroatoms. The number of carboxylic acid groups (broad SMARTS) is 1. The van der Waals surface area contributed by atoms with E-state index < -0.39 is 24.1 Å². The van der Waals surface area contributed by atoms with E-state index in [1.54, 1.807) is 0 Å². The Hall–Kier alpha value is -0.820. The molecule has 1 saturated carbocycles. The van der Waals surface area contributed by atoms with Gasteiger partial charge in [0.25, 0.3) is 0 Å². The number of aliphatic carboxylic acids is 1. The first-order chi connectivity index (χ1) is 8.82. The molecule has 1 heterocycles. The van der Waals surface area contributed by atoms with E-state index in [1.807, 2.05) is 0 Å². The largest absolute Gasteiger partial charge is 0.481 e. The van der Waals surface area contributed by atoms with Gasteiger partial charge in [-0.15, -0.1) is 0 Å². The number of rotatable bonds is 5. The highest BCUT2D eigenvalue weighted by Gasteiger charge is 2.47. The van der Waals surface area contributed by atoms with Crippen LogP contribution in [0.1, 0.15) is 25.7 Å². The summed E-state index contributed by atoms with van der Waals surface area (Å²) in [6.07, 6.45) is -1.91. The fourth-order valence-electron chi connectivity index (χ4n) is 2.59. The lowest BCUT2D eigenvalue weighted by molar-refractivity contribution is -0.170. The number of nitrogens with zero attached hydrogens (tertiary/aromatic N) is 1. The molecule has 1 N–H and O–H groups in total. The van der Waals surface area contributed by atoms with Crippen molar-refractivity contribution < 1.29 is 27.8 Å². The highest BCUT2D eigenvalue weighted by Crippen LogP contribution is 2.36. The molecular formula is C12H18F3NO3. The molecule has 1 saturated heterocycles. The van der Waals surface area contributed by atoms with Crippen molar-refractivity contribution in [3.8, 4) is 0 Å². The molecule has 1 unspecified atom stereocenters. The van der Waals surface area contributed by atoms with Crippen molar-refractivity contribution in [3.63, 3.8) is 0 Å². The van der Waals surface area contributed by atoms with Crippen LogP contribution in [0.3, 0.4) is 0 Å². The summed E-state index contributed by atoms with van der Waals surface area (Å²) in [4.78, 5) is 12.7. The van der Waals surface area contributed by atoms with Gasteiger partial charge < -0.3 is 9.84 Å². The molecule has 0 amide bonds. The van der Waals surface area contributed by atoms with Gasteiger partial charge in [0.15, 0.2) is 0 Å². The smallest absolute Gasteiger partial charge is 0.401 e. The van der Waals surface area contributed by atoms with E-state index in [-0.39, 0.29) is 19.2 Å². The third-order valence-electron chi connectivity index (χ3n) is 3.73.